The van der Waals surface area contributed by atoms with E-state index in [1.54, 1.807) is 7.11 Å². The van der Waals surface area contributed by atoms with Gasteiger partial charge >= 0.3 is 0 Å². The van der Waals surface area contributed by atoms with Gasteiger partial charge in [0.25, 0.3) is 5.91 Å². The molecule has 0 bridgehead atoms. The van der Waals surface area contributed by atoms with Crippen molar-refractivity contribution in [3.05, 3.63) is 65.7 Å². The lowest BCUT2D eigenvalue weighted by Crippen LogP contribution is -2.64. The Morgan fingerprint density at radius 1 is 1.08 bits per heavy atom. The van der Waals surface area contributed by atoms with E-state index in [1.807, 2.05) is 29.2 Å². The number of nitrogens with zero attached hydrogens (tertiary/aromatic N) is 2. The number of carbonyl (C=O) groups is 1. The van der Waals surface area contributed by atoms with Crippen LogP contribution in [0.3, 0.4) is 0 Å². The Kier molecular flexibility index (Phi) is 4.45. The van der Waals surface area contributed by atoms with Gasteiger partial charge in [0, 0.05) is 37.8 Å². The summed E-state index contributed by atoms with van der Waals surface area (Å²) in [6, 6.07) is 18.5. The molecule has 0 aromatic heterocycles. The zero-order chi connectivity index (χ0) is 17.2. The highest BCUT2D eigenvalue weighted by molar-refractivity contribution is 5.94. The molecule has 2 saturated heterocycles. The first-order chi connectivity index (χ1) is 12.2. The summed E-state index contributed by atoms with van der Waals surface area (Å²) in [6.07, 6.45) is 1.11. The fourth-order valence-electron chi connectivity index (χ4n) is 4.01. The van der Waals surface area contributed by atoms with Gasteiger partial charge < -0.3 is 9.64 Å². The molecule has 0 aliphatic carbocycles. The number of carbonyl (C=O) groups excluding carboxylic acids is 1. The molecule has 4 heteroatoms. The number of likely N-dealkylation sites (tertiary alicyclic amines) is 2. The molecule has 2 aromatic carbocycles. The minimum absolute atomic E-state index is 0.132. The number of hydrogen-bond donors (Lipinski definition) is 0. The summed E-state index contributed by atoms with van der Waals surface area (Å²) in [7, 11) is 1.64. The van der Waals surface area contributed by atoms with Gasteiger partial charge in [-0.25, -0.2) is 0 Å². The number of amides is 1. The molecule has 2 atom stereocenters. The summed E-state index contributed by atoms with van der Waals surface area (Å²) in [5.74, 6) is 1.65. The van der Waals surface area contributed by atoms with Gasteiger partial charge in [0.15, 0.2) is 0 Å². The van der Waals surface area contributed by atoms with Crippen molar-refractivity contribution in [2.24, 2.45) is 5.92 Å². The maximum absolute atomic E-state index is 12.8. The van der Waals surface area contributed by atoms with E-state index in [2.05, 4.69) is 35.2 Å². The first-order valence-corrected chi connectivity index (χ1v) is 8.96. The molecule has 2 fully saturated rings. The lowest BCUT2D eigenvalue weighted by molar-refractivity contribution is -0.0427. The van der Waals surface area contributed by atoms with Crippen LogP contribution in [-0.4, -0.2) is 48.5 Å². The van der Waals surface area contributed by atoms with Crippen LogP contribution >= 0.6 is 0 Å². The van der Waals surface area contributed by atoms with Crippen LogP contribution in [0, 0.1) is 5.92 Å². The van der Waals surface area contributed by atoms with E-state index in [-0.39, 0.29) is 5.91 Å². The molecule has 2 heterocycles. The summed E-state index contributed by atoms with van der Waals surface area (Å²) in [5, 5.41) is 0. The molecule has 25 heavy (non-hydrogen) atoms. The fourth-order valence-corrected chi connectivity index (χ4v) is 4.01. The number of fused-ring (bicyclic) bond motifs is 1. The Morgan fingerprint density at radius 3 is 2.56 bits per heavy atom. The van der Waals surface area contributed by atoms with Crippen LogP contribution in [0.2, 0.25) is 0 Å². The standard InChI is InChI=1S/C21H24N2O2/c1-25-19-9-7-17(8-10-19)21(24)22-12-11-18-14-23(20(18)15-22)13-16-5-3-2-4-6-16/h2-10,18,20H,11-15H2,1H3/t18-,20-/m1/s1. The largest absolute Gasteiger partial charge is 0.497 e. The molecular formula is C21H24N2O2. The summed E-state index contributed by atoms with van der Waals surface area (Å²) in [4.78, 5) is 17.3. The lowest BCUT2D eigenvalue weighted by atomic mass is 9.81. The maximum Gasteiger partial charge on any atom is 0.253 e. The third-order valence-electron chi connectivity index (χ3n) is 5.51. The van der Waals surface area contributed by atoms with Crippen molar-refractivity contribution in [1.82, 2.24) is 9.80 Å². The molecule has 0 N–H and O–H groups in total. The van der Waals surface area contributed by atoms with Gasteiger partial charge in [-0.1, -0.05) is 30.3 Å². The smallest absolute Gasteiger partial charge is 0.253 e. The monoisotopic (exact) mass is 336 g/mol. The Balaban J connectivity index is 1.40. The van der Waals surface area contributed by atoms with E-state index in [0.717, 1.165) is 49.8 Å². The molecule has 4 nitrogen and oxygen atoms in total. The Hall–Kier alpha value is -2.33. The van der Waals surface area contributed by atoms with Gasteiger partial charge in [-0.05, 0) is 42.2 Å². The van der Waals surface area contributed by atoms with Crippen molar-refractivity contribution >= 4 is 5.91 Å². The van der Waals surface area contributed by atoms with Crippen molar-refractivity contribution in [3.8, 4) is 5.75 Å². The molecule has 0 radical (unpaired) electrons. The summed E-state index contributed by atoms with van der Waals surface area (Å²) in [6.45, 7) is 3.84. The van der Waals surface area contributed by atoms with E-state index in [0.29, 0.717) is 6.04 Å². The third-order valence-corrected chi connectivity index (χ3v) is 5.51. The second kappa shape index (κ2) is 6.89. The Labute approximate surface area is 149 Å². The maximum atomic E-state index is 12.8. The van der Waals surface area contributed by atoms with Crippen molar-refractivity contribution in [1.29, 1.82) is 0 Å². The van der Waals surface area contributed by atoms with Crippen LogP contribution in [0.5, 0.6) is 5.75 Å². The Morgan fingerprint density at radius 2 is 1.84 bits per heavy atom. The van der Waals surface area contributed by atoms with Crippen molar-refractivity contribution in [2.75, 3.05) is 26.7 Å². The SMILES string of the molecule is COc1ccc(C(=O)N2CC[C@@H]3CN(Cc4ccccc4)[C@@H]3C2)cc1. The highest BCUT2D eigenvalue weighted by atomic mass is 16.5. The minimum atomic E-state index is 0.132. The predicted molar refractivity (Wildman–Crippen MR) is 97.6 cm³/mol. The van der Waals surface area contributed by atoms with Crippen LogP contribution in [0.15, 0.2) is 54.6 Å². The van der Waals surface area contributed by atoms with Gasteiger partial charge in [0.05, 0.1) is 7.11 Å². The van der Waals surface area contributed by atoms with Gasteiger partial charge in [0.2, 0.25) is 0 Å². The second-order valence-electron chi connectivity index (χ2n) is 7.01. The van der Waals surface area contributed by atoms with Gasteiger partial charge in [-0.15, -0.1) is 0 Å². The lowest BCUT2D eigenvalue weighted by Gasteiger charge is -2.53. The van der Waals surface area contributed by atoms with Crippen LogP contribution in [0.4, 0.5) is 0 Å². The van der Waals surface area contributed by atoms with Crippen LogP contribution in [0.1, 0.15) is 22.3 Å². The van der Waals surface area contributed by atoms with E-state index in [9.17, 15) is 4.79 Å². The highest BCUT2D eigenvalue weighted by Crippen LogP contribution is 2.34. The molecule has 0 unspecified atom stereocenters. The molecule has 2 aliphatic heterocycles. The van der Waals surface area contributed by atoms with Crippen molar-refractivity contribution < 1.29 is 9.53 Å². The minimum Gasteiger partial charge on any atom is -0.497 e. The number of benzene rings is 2. The Bertz CT molecular complexity index is 729. The fraction of sp³-hybridized carbons (Fsp3) is 0.381. The second-order valence-corrected chi connectivity index (χ2v) is 7.01. The number of hydrogen-bond acceptors (Lipinski definition) is 3. The molecule has 2 aromatic rings. The number of methoxy groups -OCH3 is 1. The average molecular weight is 336 g/mol. The van der Waals surface area contributed by atoms with Gasteiger partial charge in [-0.3, -0.25) is 9.69 Å². The van der Waals surface area contributed by atoms with Crippen molar-refractivity contribution in [2.45, 2.75) is 19.0 Å². The molecule has 0 saturated carbocycles. The summed E-state index contributed by atoms with van der Waals surface area (Å²) < 4.78 is 5.17. The average Bonchev–Trinajstić information content (AvgIpc) is 2.66. The topological polar surface area (TPSA) is 32.8 Å². The molecule has 130 valence electrons. The van der Waals surface area contributed by atoms with E-state index in [1.165, 1.54) is 5.56 Å². The van der Waals surface area contributed by atoms with Crippen molar-refractivity contribution in [3.63, 3.8) is 0 Å². The number of piperidine rings is 1. The van der Waals surface area contributed by atoms with Crippen LogP contribution in [0.25, 0.3) is 0 Å². The molecule has 1 amide bonds. The van der Waals surface area contributed by atoms with E-state index < -0.39 is 0 Å². The van der Waals surface area contributed by atoms with Crippen LogP contribution in [-0.2, 0) is 6.54 Å². The first-order valence-electron chi connectivity index (χ1n) is 8.96. The predicted octanol–water partition coefficient (Wildman–Crippen LogP) is 3.04. The normalized spacial score (nSPS) is 22.8. The van der Waals surface area contributed by atoms with E-state index in [4.69, 9.17) is 4.74 Å². The zero-order valence-corrected chi connectivity index (χ0v) is 14.6. The third kappa shape index (κ3) is 3.27. The van der Waals surface area contributed by atoms with Gasteiger partial charge in [0.1, 0.15) is 5.75 Å². The molecule has 2 aliphatic rings. The quantitative estimate of drug-likeness (QED) is 0.860. The van der Waals surface area contributed by atoms with Gasteiger partial charge in [-0.2, -0.15) is 0 Å². The highest BCUT2D eigenvalue weighted by Gasteiger charge is 2.43. The molecule has 0 spiro atoms. The van der Waals surface area contributed by atoms with E-state index >= 15 is 0 Å². The van der Waals surface area contributed by atoms with Crippen LogP contribution < -0.4 is 4.74 Å². The molecular weight excluding hydrogens is 312 g/mol. The summed E-state index contributed by atoms with van der Waals surface area (Å²) >= 11 is 0. The summed E-state index contributed by atoms with van der Waals surface area (Å²) in [5.41, 5.74) is 2.09. The first kappa shape index (κ1) is 16.2. The number of rotatable bonds is 4. The zero-order valence-electron chi connectivity index (χ0n) is 14.6. The molecule has 4 rings (SSSR count). The number of ether oxygens (including phenoxy) is 1.